The van der Waals surface area contributed by atoms with Crippen LogP contribution in [0.1, 0.15) is 0 Å². The first-order valence-corrected chi connectivity index (χ1v) is 6.28. The number of carboxylic acids is 1. The van der Waals surface area contributed by atoms with E-state index < -0.39 is 36.8 Å². The van der Waals surface area contributed by atoms with Crippen LogP contribution in [0.2, 0.25) is 0 Å². The Morgan fingerprint density at radius 3 is 1.56 bits per heavy atom. The summed E-state index contributed by atoms with van der Waals surface area (Å²) in [5.74, 6) is -1.14. The number of aliphatic carboxylic acids is 1. The summed E-state index contributed by atoms with van der Waals surface area (Å²) in [5.41, 5.74) is 0. The van der Waals surface area contributed by atoms with Gasteiger partial charge in [-0.15, -0.1) is 0 Å². The molecule has 0 amide bonds. The van der Waals surface area contributed by atoms with Crippen molar-refractivity contribution < 1.29 is 41.8 Å². The Kier molecular flexibility index (Phi) is 21.6. The summed E-state index contributed by atoms with van der Waals surface area (Å²) in [4.78, 5) is 26.1. The molecule has 0 aromatic rings. The van der Waals surface area contributed by atoms with Gasteiger partial charge in [-0.1, -0.05) is 0 Å². The molecule has 0 spiro atoms. The van der Waals surface area contributed by atoms with Gasteiger partial charge in [-0.25, -0.2) is 0 Å². The van der Waals surface area contributed by atoms with Crippen LogP contribution in [-0.4, -0.2) is 51.2 Å². The molecule has 0 aromatic carbocycles. The minimum absolute atomic E-state index is 0. The van der Waals surface area contributed by atoms with E-state index in [4.69, 9.17) is 32.4 Å². The van der Waals surface area contributed by atoms with Crippen LogP contribution in [-0.2, 0) is 19.8 Å². The molecule has 0 aliphatic carbocycles. The van der Waals surface area contributed by atoms with Crippen molar-refractivity contribution in [2.75, 3.05) is 12.8 Å². The van der Waals surface area contributed by atoms with Crippen molar-refractivity contribution in [1.82, 2.24) is 23.8 Å². The second-order valence-corrected chi connectivity index (χ2v) is 4.63. The lowest BCUT2D eigenvalue weighted by molar-refractivity contribution is -0.135. The Bertz CT molecular complexity index is 330. The molecule has 0 aromatic heterocycles. The van der Waals surface area contributed by atoms with Crippen LogP contribution >= 0.6 is 7.60 Å². The summed E-state index contributed by atoms with van der Waals surface area (Å²) in [6.45, 7) is -0.439. The van der Waals surface area contributed by atoms with Gasteiger partial charge >= 0.3 is 24.0 Å². The topological polar surface area (TPSA) is 286 Å². The fourth-order valence-corrected chi connectivity index (χ4v) is 0.712. The zero-order valence-corrected chi connectivity index (χ0v) is 11.0. The maximum atomic E-state index is 10.1. The molecule has 0 aliphatic rings. The van der Waals surface area contributed by atoms with Gasteiger partial charge in [0.1, 0.15) is 0 Å². The van der Waals surface area contributed by atoms with Gasteiger partial charge in [0.15, 0.2) is 0 Å². The van der Waals surface area contributed by atoms with Gasteiger partial charge in [0.25, 0.3) is 0 Å². The van der Waals surface area contributed by atoms with Gasteiger partial charge in [0.05, 0.1) is 12.8 Å². The summed E-state index contributed by atoms with van der Waals surface area (Å²) in [6.07, 6.45) is -0.598. The third kappa shape index (κ3) is 78.6. The highest BCUT2D eigenvalue weighted by Crippen LogP contribution is 2.31. The largest absolute Gasteiger partial charge is 0.480 e. The van der Waals surface area contributed by atoms with E-state index in [-0.39, 0.29) is 18.5 Å². The van der Waals surface area contributed by atoms with E-state index in [2.05, 4.69) is 5.32 Å². The quantitative estimate of drug-likeness (QED) is 0.213. The number of hydrogen-bond donors (Lipinski definition) is 9. The smallest absolute Gasteiger partial charge is 0.394 e. The second kappa shape index (κ2) is 12.8. The molecule has 0 saturated carbocycles. The first-order chi connectivity index (χ1) is 6.42. The van der Waals surface area contributed by atoms with Gasteiger partial charge in [0.2, 0.25) is 0 Å². The first kappa shape index (κ1) is 30.4. The predicted octanol–water partition coefficient (Wildman–Crippen LogP) is -1.37. The maximum Gasteiger partial charge on any atom is 0.394 e. The Balaban J connectivity index is -0.0000000621. The Morgan fingerprint density at radius 1 is 1.11 bits per heavy atom. The van der Waals surface area contributed by atoms with E-state index in [1.54, 1.807) is 0 Å². The average molecular weight is 318 g/mol. The normalized spacial score (nSPS) is 9.56. The van der Waals surface area contributed by atoms with Crippen molar-refractivity contribution in [3.63, 3.8) is 0 Å². The first-order valence-electron chi connectivity index (χ1n) is 3.09. The van der Waals surface area contributed by atoms with E-state index in [9.17, 15) is 9.36 Å². The number of hydrogen-bond acceptors (Lipinski definition) is 8. The van der Waals surface area contributed by atoms with Crippen molar-refractivity contribution >= 4 is 24.0 Å². The molecule has 0 radical (unpaired) electrons. The van der Waals surface area contributed by atoms with Gasteiger partial charge in [0, 0.05) is 0 Å². The van der Waals surface area contributed by atoms with Gasteiger partial charge in [-0.3, -0.25) is 23.8 Å². The fourth-order valence-electron chi connectivity index (χ4n) is 0.308. The second-order valence-electron chi connectivity index (χ2n) is 2.09. The fraction of sp³-hybridized carbons (Fsp3) is 0.667. The molecule has 116 valence electrons. The van der Waals surface area contributed by atoms with Crippen molar-refractivity contribution in [2.45, 2.75) is 0 Å². The van der Waals surface area contributed by atoms with E-state index in [1.807, 2.05) is 0 Å². The van der Waals surface area contributed by atoms with Crippen molar-refractivity contribution in [3.8, 4) is 0 Å². The van der Waals surface area contributed by atoms with E-state index in [1.165, 1.54) is 0 Å². The molecule has 0 rings (SSSR count). The highest BCUT2D eigenvalue weighted by molar-refractivity contribution is 7.79. The molecule has 0 atom stereocenters. The van der Waals surface area contributed by atoms with Crippen LogP contribution in [0.4, 0.5) is 0 Å². The standard InChI is InChI=1S/C3H8NO5P.3H3N.H2O4S/c5-3(6)1-4-2-10(7,8)9;;;;1-5(2,3)4/h4H,1-2H2,(H,5,6)(H2,7,8,9);3*1H3;(H2,1,2,3,4). The van der Waals surface area contributed by atoms with Gasteiger partial charge in [-0.05, 0) is 0 Å². The number of rotatable bonds is 4. The maximum absolute atomic E-state index is 10.1. The van der Waals surface area contributed by atoms with Crippen LogP contribution in [0, 0.1) is 0 Å². The molecule has 0 saturated heterocycles. The average Bonchev–Trinajstić information content (AvgIpc) is 1.77. The molecule has 0 bridgehead atoms. The molecule has 15 N–H and O–H groups in total. The zero-order valence-electron chi connectivity index (χ0n) is 9.26. The number of carbonyl (C=O) groups is 1. The molecule has 0 unspecified atom stereocenters. The molecule has 0 heterocycles. The summed E-state index contributed by atoms with van der Waals surface area (Å²) >= 11 is 0. The SMILES string of the molecule is N.N.N.O=C(O)CNCP(=O)(O)O.O=S(=O)(O)O. The number of carboxylic acid groups (broad SMARTS) is 1. The number of nitrogens with one attached hydrogen (secondary N) is 1. The Morgan fingerprint density at radius 2 is 1.39 bits per heavy atom. The van der Waals surface area contributed by atoms with Crippen LogP contribution < -0.4 is 23.8 Å². The molecule has 15 heteroatoms. The minimum Gasteiger partial charge on any atom is -0.480 e. The van der Waals surface area contributed by atoms with Crippen molar-refractivity contribution in [2.24, 2.45) is 0 Å². The predicted molar refractivity (Wildman–Crippen MR) is 61.8 cm³/mol. The third-order valence-corrected chi connectivity index (χ3v) is 1.23. The van der Waals surface area contributed by atoms with Crippen molar-refractivity contribution in [3.05, 3.63) is 0 Å². The monoisotopic (exact) mass is 318 g/mol. The zero-order chi connectivity index (χ0) is 12.7. The molecule has 13 nitrogen and oxygen atoms in total. The summed E-state index contributed by atoms with van der Waals surface area (Å²) < 4.78 is 41.6. The van der Waals surface area contributed by atoms with Crippen LogP contribution in [0.25, 0.3) is 0 Å². The minimum atomic E-state index is -4.67. The van der Waals surface area contributed by atoms with Gasteiger partial charge in [-0.2, -0.15) is 8.42 Å². The summed E-state index contributed by atoms with van der Waals surface area (Å²) in [7, 11) is -8.76. The van der Waals surface area contributed by atoms with E-state index in [0.717, 1.165) is 0 Å². The molecule has 18 heavy (non-hydrogen) atoms. The highest BCUT2D eigenvalue weighted by atomic mass is 32.3. The highest BCUT2D eigenvalue weighted by Gasteiger charge is 2.11. The molecule has 0 aliphatic heterocycles. The van der Waals surface area contributed by atoms with E-state index >= 15 is 0 Å². The van der Waals surface area contributed by atoms with Crippen molar-refractivity contribution in [1.29, 1.82) is 0 Å². The van der Waals surface area contributed by atoms with Crippen LogP contribution in [0.15, 0.2) is 0 Å². The van der Waals surface area contributed by atoms with E-state index in [0.29, 0.717) is 0 Å². The lowest BCUT2D eigenvalue weighted by atomic mass is 10.7. The summed E-state index contributed by atoms with van der Waals surface area (Å²) in [5, 5.41) is 10.1. The molecular weight excluding hydrogens is 299 g/mol. The summed E-state index contributed by atoms with van der Waals surface area (Å²) in [6, 6.07) is 0. The molecular formula is C3H19N4O9PS. The van der Waals surface area contributed by atoms with Crippen LogP contribution in [0.3, 0.4) is 0 Å². The lowest BCUT2D eigenvalue weighted by Gasteiger charge is -2.02. The Labute approximate surface area is 103 Å². The Hall–Kier alpha value is -0.670. The lowest BCUT2D eigenvalue weighted by Crippen LogP contribution is -2.23. The van der Waals surface area contributed by atoms with Gasteiger partial charge < -0.3 is 33.3 Å². The third-order valence-electron chi connectivity index (χ3n) is 0.594. The van der Waals surface area contributed by atoms with Crippen LogP contribution in [0.5, 0.6) is 0 Å². The molecule has 0 fully saturated rings.